The highest BCUT2D eigenvalue weighted by Crippen LogP contribution is 2.28. The lowest BCUT2D eigenvalue weighted by molar-refractivity contribution is -0.133. The summed E-state index contributed by atoms with van der Waals surface area (Å²) in [5, 5.41) is 3.33. The maximum absolute atomic E-state index is 12.5. The summed E-state index contributed by atoms with van der Waals surface area (Å²) in [4.78, 5) is 14.6. The van der Waals surface area contributed by atoms with Gasteiger partial charge in [-0.2, -0.15) is 0 Å². The number of likely N-dealkylation sites (tertiary alicyclic amines) is 1. The van der Waals surface area contributed by atoms with Crippen molar-refractivity contribution in [3.63, 3.8) is 0 Å². The van der Waals surface area contributed by atoms with Crippen LogP contribution >= 0.6 is 0 Å². The van der Waals surface area contributed by atoms with Gasteiger partial charge in [-0.3, -0.25) is 4.79 Å². The van der Waals surface area contributed by atoms with Crippen molar-refractivity contribution in [2.24, 2.45) is 5.92 Å². The van der Waals surface area contributed by atoms with Gasteiger partial charge >= 0.3 is 0 Å². The molecule has 108 valence electrons. The summed E-state index contributed by atoms with van der Waals surface area (Å²) in [6.07, 6.45) is 4.36. The van der Waals surface area contributed by atoms with E-state index < -0.39 is 0 Å². The van der Waals surface area contributed by atoms with Gasteiger partial charge in [0.1, 0.15) is 0 Å². The van der Waals surface area contributed by atoms with Crippen molar-refractivity contribution in [2.45, 2.75) is 44.7 Å². The highest BCUT2D eigenvalue weighted by Gasteiger charge is 2.37. The molecule has 1 aromatic carbocycles. The van der Waals surface area contributed by atoms with E-state index in [2.05, 4.69) is 47.5 Å². The minimum absolute atomic E-state index is 0.0768. The number of carbonyl (C=O) groups excluding carboxylic acids is 1. The van der Waals surface area contributed by atoms with Crippen LogP contribution in [0.25, 0.3) is 0 Å². The maximum Gasteiger partial charge on any atom is 0.239 e. The van der Waals surface area contributed by atoms with Crippen molar-refractivity contribution in [2.75, 3.05) is 13.1 Å². The van der Waals surface area contributed by atoms with Crippen molar-refractivity contribution >= 4 is 5.91 Å². The first kappa shape index (κ1) is 13.6. The van der Waals surface area contributed by atoms with Crippen LogP contribution in [0.15, 0.2) is 30.3 Å². The molecule has 1 amide bonds. The molecule has 1 aromatic rings. The van der Waals surface area contributed by atoms with Crippen molar-refractivity contribution in [3.05, 3.63) is 35.9 Å². The topological polar surface area (TPSA) is 32.3 Å². The molecule has 2 fully saturated rings. The molecule has 0 aromatic heterocycles. The van der Waals surface area contributed by atoms with Crippen molar-refractivity contribution < 1.29 is 4.79 Å². The van der Waals surface area contributed by atoms with Gasteiger partial charge in [-0.1, -0.05) is 30.3 Å². The SMILES string of the molecule is CC1C(Cc2ccccc2)CCN1C(=O)C1CCCN1. The normalized spacial score (nSPS) is 29.9. The molecule has 2 aliphatic rings. The molecule has 2 heterocycles. The van der Waals surface area contributed by atoms with E-state index >= 15 is 0 Å². The predicted molar refractivity (Wildman–Crippen MR) is 80.5 cm³/mol. The van der Waals surface area contributed by atoms with E-state index in [0.717, 1.165) is 38.8 Å². The number of hydrogen-bond donors (Lipinski definition) is 1. The van der Waals surface area contributed by atoms with Crippen LogP contribution in [0, 0.1) is 5.92 Å². The van der Waals surface area contributed by atoms with Crippen LogP contribution < -0.4 is 5.32 Å². The number of rotatable bonds is 3. The highest BCUT2D eigenvalue weighted by atomic mass is 16.2. The first-order chi connectivity index (χ1) is 9.75. The zero-order chi connectivity index (χ0) is 13.9. The van der Waals surface area contributed by atoms with Crippen LogP contribution in [0.3, 0.4) is 0 Å². The summed E-state index contributed by atoms with van der Waals surface area (Å²) in [6.45, 7) is 4.13. The molecule has 3 nitrogen and oxygen atoms in total. The molecule has 0 bridgehead atoms. The molecule has 0 spiro atoms. The molecular formula is C17H24N2O. The molecule has 0 aliphatic carbocycles. The molecule has 2 aliphatic heterocycles. The summed E-state index contributed by atoms with van der Waals surface area (Å²) in [7, 11) is 0. The van der Waals surface area contributed by atoms with Crippen molar-refractivity contribution in [3.8, 4) is 0 Å². The van der Waals surface area contributed by atoms with Gasteiger partial charge in [0.2, 0.25) is 5.91 Å². The van der Waals surface area contributed by atoms with Crippen LogP contribution in [0.1, 0.15) is 31.7 Å². The number of amides is 1. The van der Waals surface area contributed by atoms with Crippen molar-refractivity contribution in [1.82, 2.24) is 10.2 Å². The fourth-order valence-corrected chi connectivity index (χ4v) is 3.60. The Morgan fingerprint density at radius 1 is 1.30 bits per heavy atom. The molecule has 20 heavy (non-hydrogen) atoms. The smallest absolute Gasteiger partial charge is 0.239 e. The first-order valence-electron chi connectivity index (χ1n) is 7.83. The Balaban J connectivity index is 1.61. The Hall–Kier alpha value is -1.35. The van der Waals surface area contributed by atoms with Gasteiger partial charge < -0.3 is 10.2 Å². The summed E-state index contributed by atoms with van der Waals surface area (Å²) in [5.41, 5.74) is 1.39. The van der Waals surface area contributed by atoms with Crippen LogP contribution in [0.4, 0.5) is 0 Å². The quantitative estimate of drug-likeness (QED) is 0.915. The molecule has 3 heteroatoms. The lowest BCUT2D eigenvalue weighted by Gasteiger charge is -2.27. The first-order valence-corrected chi connectivity index (χ1v) is 7.83. The van der Waals surface area contributed by atoms with Gasteiger partial charge in [0.05, 0.1) is 6.04 Å². The minimum Gasteiger partial charge on any atom is -0.338 e. The van der Waals surface area contributed by atoms with E-state index in [4.69, 9.17) is 0 Å². The third-order valence-electron chi connectivity index (χ3n) is 4.90. The lowest BCUT2D eigenvalue weighted by Crippen LogP contribution is -2.46. The van der Waals surface area contributed by atoms with E-state index in [1.54, 1.807) is 0 Å². The molecule has 3 atom stereocenters. The summed E-state index contributed by atoms with van der Waals surface area (Å²) in [5.74, 6) is 0.924. The summed E-state index contributed by atoms with van der Waals surface area (Å²) >= 11 is 0. The Bertz CT molecular complexity index is 453. The molecule has 3 unspecified atom stereocenters. The van der Waals surface area contributed by atoms with E-state index in [1.165, 1.54) is 5.56 Å². The molecule has 3 rings (SSSR count). The molecule has 2 saturated heterocycles. The predicted octanol–water partition coefficient (Wildman–Crippen LogP) is 2.22. The van der Waals surface area contributed by atoms with Gasteiger partial charge in [-0.15, -0.1) is 0 Å². The third kappa shape index (κ3) is 2.73. The van der Waals surface area contributed by atoms with Crippen molar-refractivity contribution in [1.29, 1.82) is 0 Å². The number of nitrogens with zero attached hydrogens (tertiary/aromatic N) is 1. The summed E-state index contributed by atoms with van der Waals surface area (Å²) < 4.78 is 0. The van der Waals surface area contributed by atoms with Gasteiger partial charge in [-0.25, -0.2) is 0 Å². The second kappa shape index (κ2) is 5.96. The molecule has 0 saturated carbocycles. The zero-order valence-electron chi connectivity index (χ0n) is 12.2. The average molecular weight is 272 g/mol. The van der Waals surface area contributed by atoms with Crippen LogP contribution in [-0.4, -0.2) is 36.0 Å². The largest absolute Gasteiger partial charge is 0.338 e. The van der Waals surface area contributed by atoms with Gasteiger partial charge in [0.25, 0.3) is 0 Å². The molecular weight excluding hydrogens is 248 g/mol. The van der Waals surface area contributed by atoms with Crippen LogP contribution in [0.5, 0.6) is 0 Å². The Morgan fingerprint density at radius 2 is 2.10 bits per heavy atom. The van der Waals surface area contributed by atoms with E-state index in [-0.39, 0.29) is 6.04 Å². The third-order valence-corrected chi connectivity index (χ3v) is 4.90. The number of benzene rings is 1. The van der Waals surface area contributed by atoms with Crippen LogP contribution in [0.2, 0.25) is 0 Å². The number of carbonyl (C=O) groups is 1. The number of hydrogen-bond acceptors (Lipinski definition) is 2. The second-order valence-corrected chi connectivity index (χ2v) is 6.16. The fourth-order valence-electron chi connectivity index (χ4n) is 3.60. The Morgan fingerprint density at radius 3 is 2.80 bits per heavy atom. The number of nitrogens with one attached hydrogen (secondary N) is 1. The Kier molecular flexibility index (Phi) is 4.06. The Labute approximate surface area is 121 Å². The lowest BCUT2D eigenvalue weighted by atomic mass is 9.93. The van der Waals surface area contributed by atoms with E-state index in [0.29, 0.717) is 17.9 Å². The fraction of sp³-hybridized carbons (Fsp3) is 0.588. The average Bonchev–Trinajstić information content (AvgIpc) is 3.11. The van der Waals surface area contributed by atoms with Gasteiger partial charge in [-0.05, 0) is 50.6 Å². The monoisotopic (exact) mass is 272 g/mol. The highest BCUT2D eigenvalue weighted by molar-refractivity contribution is 5.82. The second-order valence-electron chi connectivity index (χ2n) is 6.16. The maximum atomic E-state index is 12.5. The zero-order valence-corrected chi connectivity index (χ0v) is 12.2. The van der Waals surface area contributed by atoms with Crippen LogP contribution in [-0.2, 0) is 11.2 Å². The minimum atomic E-state index is 0.0768. The van der Waals surface area contributed by atoms with E-state index in [1.807, 2.05) is 0 Å². The van der Waals surface area contributed by atoms with Gasteiger partial charge in [0, 0.05) is 12.6 Å². The standard InChI is InChI=1S/C17H24N2O/c1-13-15(12-14-6-3-2-4-7-14)9-11-19(13)17(20)16-8-5-10-18-16/h2-4,6-7,13,15-16,18H,5,8-12H2,1H3. The van der Waals surface area contributed by atoms with E-state index in [9.17, 15) is 4.79 Å². The molecule has 1 N–H and O–H groups in total. The van der Waals surface area contributed by atoms with Gasteiger partial charge in [0.15, 0.2) is 0 Å². The molecule has 0 radical (unpaired) electrons. The summed E-state index contributed by atoms with van der Waals surface area (Å²) in [6, 6.07) is 11.1.